The van der Waals surface area contributed by atoms with E-state index in [1.807, 2.05) is 0 Å². The van der Waals surface area contributed by atoms with Crippen molar-refractivity contribution in [2.24, 2.45) is 0 Å². The van der Waals surface area contributed by atoms with Crippen LogP contribution in [0.25, 0.3) is 0 Å². The van der Waals surface area contributed by atoms with Gasteiger partial charge in [0.2, 0.25) is 0 Å². The van der Waals surface area contributed by atoms with Crippen LogP contribution in [0.15, 0.2) is 0 Å². The SMILES string of the molecule is CCOS(=O)(=O)OOC(=O)CC(C(=O)OOS(=O)(=O)OCC)S(=O)(=O)O. The number of hydrogen-bond donors (Lipinski definition) is 1. The molecule has 1 unspecified atom stereocenters. The number of carbonyl (C=O) groups is 2. The van der Waals surface area contributed by atoms with Crippen molar-refractivity contribution >= 4 is 42.9 Å². The first-order valence-corrected chi connectivity index (χ1v) is 10.4. The number of carbonyl (C=O) groups excluding carboxylic acids is 2. The van der Waals surface area contributed by atoms with Crippen LogP contribution in [0.1, 0.15) is 20.3 Å². The van der Waals surface area contributed by atoms with Gasteiger partial charge in [-0.2, -0.15) is 25.3 Å². The largest absolute Gasteiger partial charge is 0.435 e. The van der Waals surface area contributed by atoms with E-state index in [-0.39, 0.29) is 6.61 Å². The zero-order valence-electron chi connectivity index (χ0n) is 13.1. The summed E-state index contributed by atoms with van der Waals surface area (Å²) in [5.41, 5.74) is 0. The van der Waals surface area contributed by atoms with E-state index < -0.39 is 61.1 Å². The van der Waals surface area contributed by atoms with E-state index in [1.54, 1.807) is 0 Å². The molecule has 0 aromatic carbocycles. The Bertz CT molecular complexity index is 792. The minimum atomic E-state index is -5.33. The second-order valence-electron chi connectivity index (χ2n) is 3.83. The van der Waals surface area contributed by atoms with Gasteiger partial charge in [-0.25, -0.2) is 18.0 Å². The highest BCUT2D eigenvalue weighted by Gasteiger charge is 2.38. The Morgan fingerprint density at radius 3 is 1.65 bits per heavy atom. The first-order valence-electron chi connectivity index (χ1n) is 6.28. The molecular formula is C8H14O15S3. The van der Waals surface area contributed by atoms with Crippen LogP contribution in [0.5, 0.6) is 0 Å². The fraction of sp³-hybridized carbons (Fsp3) is 0.750. The lowest BCUT2D eigenvalue weighted by Crippen LogP contribution is -2.35. The average Bonchev–Trinajstić information content (AvgIpc) is 2.47. The monoisotopic (exact) mass is 446 g/mol. The molecule has 0 saturated heterocycles. The quantitative estimate of drug-likeness (QED) is 0.198. The first kappa shape index (κ1) is 24.6. The van der Waals surface area contributed by atoms with Crippen molar-refractivity contribution in [3.63, 3.8) is 0 Å². The predicted molar refractivity (Wildman–Crippen MR) is 75.4 cm³/mol. The van der Waals surface area contributed by atoms with E-state index in [0.717, 1.165) is 0 Å². The third kappa shape index (κ3) is 9.91. The van der Waals surface area contributed by atoms with Gasteiger partial charge in [-0.15, -0.1) is 0 Å². The Hall–Kier alpha value is -1.41. The smallest absolute Gasteiger partial charge is 0.285 e. The van der Waals surface area contributed by atoms with Gasteiger partial charge in [0.25, 0.3) is 10.1 Å². The summed E-state index contributed by atoms with van der Waals surface area (Å²) in [6.45, 7) is 1.69. The summed E-state index contributed by atoms with van der Waals surface area (Å²) in [5, 5.41) is -2.73. The van der Waals surface area contributed by atoms with Gasteiger partial charge >= 0.3 is 32.7 Å². The lowest BCUT2D eigenvalue weighted by atomic mass is 10.3. The molecule has 154 valence electrons. The second-order valence-corrected chi connectivity index (χ2v) is 7.81. The first-order chi connectivity index (χ1) is 11.7. The molecule has 18 heteroatoms. The van der Waals surface area contributed by atoms with Crippen LogP contribution in [0.2, 0.25) is 0 Å². The van der Waals surface area contributed by atoms with Crippen LogP contribution in [-0.4, -0.2) is 60.2 Å². The lowest BCUT2D eigenvalue weighted by molar-refractivity contribution is -0.221. The molecule has 0 spiro atoms. The van der Waals surface area contributed by atoms with Crippen molar-refractivity contribution in [3.05, 3.63) is 0 Å². The summed E-state index contributed by atoms with van der Waals surface area (Å²) in [5.74, 6) is -3.83. The highest BCUT2D eigenvalue weighted by molar-refractivity contribution is 7.87. The van der Waals surface area contributed by atoms with Gasteiger partial charge in [-0.05, 0) is 22.5 Å². The molecule has 0 radical (unpaired) electrons. The normalized spacial score (nSPS) is 13.8. The molecule has 1 N–H and O–H groups in total. The number of hydrogen-bond acceptors (Lipinski definition) is 14. The van der Waals surface area contributed by atoms with Crippen LogP contribution < -0.4 is 0 Å². The van der Waals surface area contributed by atoms with E-state index in [1.165, 1.54) is 13.8 Å². The van der Waals surface area contributed by atoms with E-state index in [0.29, 0.717) is 0 Å². The fourth-order valence-corrected chi connectivity index (χ4v) is 2.63. The van der Waals surface area contributed by atoms with Gasteiger partial charge in [-0.1, -0.05) is 0 Å². The summed E-state index contributed by atoms with van der Waals surface area (Å²) in [6, 6.07) is 0. The fourth-order valence-electron chi connectivity index (χ4n) is 1.03. The Balaban J connectivity index is 4.97. The summed E-state index contributed by atoms with van der Waals surface area (Å²) in [7, 11) is -14.9. The molecule has 15 nitrogen and oxygen atoms in total. The van der Waals surface area contributed by atoms with Crippen LogP contribution >= 0.6 is 0 Å². The second kappa shape index (κ2) is 10.1. The Labute approximate surface area is 148 Å². The predicted octanol–water partition coefficient (Wildman–Crippen LogP) is -1.85. The minimum absolute atomic E-state index is 0.383. The maximum Gasteiger partial charge on any atom is 0.435 e. The van der Waals surface area contributed by atoms with Gasteiger partial charge in [0.1, 0.15) is 0 Å². The van der Waals surface area contributed by atoms with Gasteiger partial charge in [0.05, 0.1) is 19.6 Å². The maximum atomic E-state index is 11.5. The molecule has 0 fully saturated rings. The summed E-state index contributed by atoms with van der Waals surface area (Å²) in [4.78, 5) is 30.2. The van der Waals surface area contributed by atoms with Crippen molar-refractivity contribution in [2.75, 3.05) is 13.2 Å². The molecule has 0 aromatic heterocycles. The van der Waals surface area contributed by atoms with Gasteiger partial charge in [0.15, 0.2) is 5.25 Å². The topological polar surface area (TPSA) is 212 Å². The summed E-state index contributed by atoms with van der Waals surface area (Å²) in [6.07, 6.45) is -1.53. The third-order valence-corrected chi connectivity index (χ3v) is 4.51. The van der Waals surface area contributed by atoms with E-state index in [4.69, 9.17) is 4.55 Å². The third-order valence-electron chi connectivity index (χ3n) is 1.91. The zero-order chi connectivity index (χ0) is 20.6. The van der Waals surface area contributed by atoms with Crippen LogP contribution in [-0.2, 0) is 67.3 Å². The number of rotatable bonds is 12. The molecule has 1 atom stereocenters. The van der Waals surface area contributed by atoms with E-state index in [9.17, 15) is 34.8 Å². The van der Waals surface area contributed by atoms with E-state index >= 15 is 0 Å². The van der Waals surface area contributed by atoms with Crippen molar-refractivity contribution in [3.8, 4) is 0 Å². The zero-order valence-corrected chi connectivity index (χ0v) is 15.5. The molecule has 0 heterocycles. The highest BCUT2D eigenvalue weighted by atomic mass is 32.3. The Morgan fingerprint density at radius 1 is 0.846 bits per heavy atom. The molecule has 0 amide bonds. The molecule has 0 saturated carbocycles. The van der Waals surface area contributed by atoms with Gasteiger partial charge in [0, 0.05) is 0 Å². The molecule has 0 aromatic rings. The standard InChI is InChI=1S/C8H14O15S3/c1-3-18-25(14,15)22-20-7(9)5-6(24(11,12)13)8(10)21-23-26(16,17)19-4-2/h6H,3-5H2,1-2H3,(H,11,12,13). The Kier molecular flexibility index (Phi) is 9.52. The molecule has 0 aliphatic carbocycles. The van der Waals surface area contributed by atoms with Gasteiger partial charge < -0.3 is 0 Å². The van der Waals surface area contributed by atoms with E-state index in [2.05, 4.69) is 26.8 Å². The maximum absolute atomic E-state index is 11.5. The van der Waals surface area contributed by atoms with Crippen molar-refractivity contribution in [1.29, 1.82) is 0 Å². The van der Waals surface area contributed by atoms with Crippen LogP contribution in [0, 0.1) is 0 Å². The molecule has 0 rings (SSSR count). The van der Waals surface area contributed by atoms with Gasteiger partial charge in [-0.3, -0.25) is 14.3 Å². The molecular weight excluding hydrogens is 432 g/mol. The molecule has 0 aliphatic heterocycles. The minimum Gasteiger partial charge on any atom is -0.285 e. The van der Waals surface area contributed by atoms with Crippen LogP contribution in [0.4, 0.5) is 0 Å². The van der Waals surface area contributed by atoms with Crippen molar-refractivity contribution < 1.29 is 66.2 Å². The highest BCUT2D eigenvalue weighted by Crippen LogP contribution is 2.11. The van der Waals surface area contributed by atoms with Crippen LogP contribution in [0.3, 0.4) is 0 Å². The molecule has 26 heavy (non-hydrogen) atoms. The lowest BCUT2D eigenvalue weighted by Gasteiger charge is -2.10. The Morgan fingerprint density at radius 2 is 1.27 bits per heavy atom. The molecule has 0 bridgehead atoms. The summed E-state index contributed by atoms with van der Waals surface area (Å²) < 4.78 is 90.1. The summed E-state index contributed by atoms with van der Waals surface area (Å²) >= 11 is 0. The van der Waals surface area contributed by atoms with Crippen molar-refractivity contribution in [1.82, 2.24) is 0 Å². The average molecular weight is 446 g/mol. The molecule has 0 aliphatic rings. The van der Waals surface area contributed by atoms with Crippen molar-refractivity contribution in [2.45, 2.75) is 25.5 Å².